The van der Waals surface area contributed by atoms with Gasteiger partial charge in [0.1, 0.15) is 5.75 Å². The minimum absolute atomic E-state index is 0.271. The highest BCUT2D eigenvalue weighted by atomic mass is 32.3. The molecule has 1 N–H and O–H groups in total. The second kappa shape index (κ2) is 14.5. The van der Waals surface area contributed by atoms with Crippen molar-refractivity contribution in [1.82, 2.24) is 0 Å². The molecule has 7 heteroatoms. The van der Waals surface area contributed by atoms with E-state index < -0.39 is 22.5 Å². The van der Waals surface area contributed by atoms with Crippen LogP contribution in [0.5, 0.6) is 5.75 Å². The number of hydrogen-bond donors (Lipinski definition) is 1. The Kier molecular flexibility index (Phi) is 12.8. The second-order valence-corrected chi connectivity index (χ2v) is 8.60. The third-order valence-electron chi connectivity index (χ3n) is 4.74. The summed E-state index contributed by atoms with van der Waals surface area (Å²) >= 11 is 0. The van der Waals surface area contributed by atoms with Crippen molar-refractivity contribution in [3.8, 4) is 5.75 Å². The lowest BCUT2D eigenvalue weighted by atomic mass is 10.0. The molecule has 0 fully saturated rings. The summed E-state index contributed by atoms with van der Waals surface area (Å²) in [5, 5.41) is 0. The molecule has 0 aromatic heterocycles. The molecule has 166 valence electrons. The predicted molar refractivity (Wildman–Crippen MR) is 114 cm³/mol. The Balaban J connectivity index is 2.30. The van der Waals surface area contributed by atoms with Crippen molar-refractivity contribution in [2.45, 2.75) is 97.0 Å². The number of rotatable bonds is 16. The van der Waals surface area contributed by atoms with Gasteiger partial charge in [-0.1, -0.05) is 82.9 Å². The van der Waals surface area contributed by atoms with Gasteiger partial charge in [0.15, 0.2) is 0 Å². The van der Waals surface area contributed by atoms with Crippen LogP contribution in [0.25, 0.3) is 0 Å². The van der Waals surface area contributed by atoms with E-state index in [9.17, 15) is 13.2 Å². The molecular weight excluding hydrogens is 392 g/mol. The van der Waals surface area contributed by atoms with E-state index in [0.29, 0.717) is 5.75 Å². The Morgan fingerprint density at radius 1 is 0.966 bits per heavy atom. The summed E-state index contributed by atoms with van der Waals surface area (Å²) in [6, 6.07) is 7.38. The van der Waals surface area contributed by atoms with E-state index in [2.05, 4.69) is 11.1 Å². The number of para-hydroxylation sites is 1. The highest BCUT2D eigenvalue weighted by molar-refractivity contribution is 7.80. The molecule has 1 aromatic carbocycles. The number of benzene rings is 1. The van der Waals surface area contributed by atoms with Crippen molar-refractivity contribution in [2.24, 2.45) is 0 Å². The minimum atomic E-state index is -4.59. The number of unbranched alkanes of at least 4 members (excludes halogenated alkanes) is 9. The molecule has 1 aromatic rings. The van der Waals surface area contributed by atoms with Gasteiger partial charge in [0.05, 0.1) is 12.5 Å². The highest BCUT2D eigenvalue weighted by Crippen LogP contribution is 2.22. The fourth-order valence-corrected chi connectivity index (χ4v) is 3.74. The average Bonchev–Trinajstić information content (AvgIpc) is 2.62. The van der Waals surface area contributed by atoms with Crippen molar-refractivity contribution in [3.63, 3.8) is 0 Å². The Morgan fingerprint density at radius 2 is 1.52 bits per heavy atom. The molecule has 0 heterocycles. The molecule has 6 nitrogen and oxygen atoms in total. The number of hydrogen-bond acceptors (Lipinski definition) is 5. The zero-order valence-corrected chi connectivity index (χ0v) is 18.6. The van der Waals surface area contributed by atoms with Crippen LogP contribution in [0.1, 0.15) is 90.0 Å². The topological polar surface area (TPSA) is 89.9 Å². The zero-order chi connectivity index (χ0) is 21.5. The van der Waals surface area contributed by atoms with E-state index in [-0.39, 0.29) is 6.42 Å². The van der Waals surface area contributed by atoms with Crippen molar-refractivity contribution in [3.05, 3.63) is 29.8 Å². The maximum atomic E-state index is 12.0. The van der Waals surface area contributed by atoms with Gasteiger partial charge >= 0.3 is 16.4 Å². The van der Waals surface area contributed by atoms with Gasteiger partial charge in [-0.3, -0.25) is 9.35 Å². The first-order valence-corrected chi connectivity index (χ1v) is 12.1. The molecule has 0 bridgehead atoms. The standard InChI is InChI=1S/C22H36O6S/c1-3-4-5-6-7-8-9-10-11-12-15-20-16-13-14-17-21(20)27-22(23)18-19(2)28-29(24,25)26/h13-14,16-17,19H,3-12,15,18H2,1-2H3,(H,24,25,26). The van der Waals surface area contributed by atoms with Crippen molar-refractivity contribution < 1.29 is 26.7 Å². The monoisotopic (exact) mass is 428 g/mol. The average molecular weight is 429 g/mol. The summed E-state index contributed by atoms with van der Waals surface area (Å²) in [5.41, 5.74) is 0.962. The lowest BCUT2D eigenvalue weighted by molar-refractivity contribution is -0.135. The predicted octanol–water partition coefficient (Wildman–Crippen LogP) is 5.65. The number of carbonyl (C=O) groups excluding carboxylic acids is 1. The molecule has 0 aliphatic rings. The molecule has 0 spiro atoms. The molecule has 0 aliphatic heterocycles. The summed E-state index contributed by atoms with van der Waals surface area (Å²) < 4.78 is 39.8. The van der Waals surface area contributed by atoms with Crippen LogP contribution >= 0.6 is 0 Å². The van der Waals surface area contributed by atoms with Crippen molar-refractivity contribution >= 4 is 16.4 Å². The first-order valence-electron chi connectivity index (χ1n) is 10.8. The van der Waals surface area contributed by atoms with Gasteiger partial charge in [-0.2, -0.15) is 8.42 Å². The van der Waals surface area contributed by atoms with Crippen molar-refractivity contribution in [1.29, 1.82) is 0 Å². The van der Waals surface area contributed by atoms with Crippen LogP contribution < -0.4 is 4.74 Å². The molecule has 0 aliphatic carbocycles. The molecule has 0 radical (unpaired) electrons. The number of ether oxygens (including phenoxy) is 1. The lowest BCUT2D eigenvalue weighted by Gasteiger charge is -2.12. The van der Waals surface area contributed by atoms with Crippen molar-refractivity contribution in [2.75, 3.05) is 0 Å². The van der Waals surface area contributed by atoms with E-state index >= 15 is 0 Å². The normalized spacial score (nSPS) is 12.7. The van der Waals surface area contributed by atoms with Crippen LogP contribution in [-0.4, -0.2) is 25.0 Å². The van der Waals surface area contributed by atoms with E-state index in [4.69, 9.17) is 9.29 Å². The third-order valence-corrected chi connectivity index (χ3v) is 5.31. The molecule has 1 unspecified atom stereocenters. The molecule has 1 atom stereocenters. The fourth-order valence-electron chi connectivity index (χ4n) is 3.25. The maximum absolute atomic E-state index is 12.0. The number of carbonyl (C=O) groups is 1. The van der Waals surface area contributed by atoms with E-state index in [1.54, 1.807) is 12.1 Å². The van der Waals surface area contributed by atoms with Gasteiger partial charge in [0.2, 0.25) is 0 Å². The van der Waals surface area contributed by atoms with Gasteiger partial charge in [-0.25, -0.2) is 4.18 Å². The molecule has 29 heavy (non-hydrogen) atoms. The van der Waals surface area contributed by atoms with Gasteiger partial charge in [0, 0.05) is 0 Å². The number of aryl methyl sites for hydroxylation is 1. The van der Waals surface area contributed by atoms with Crippen LogP contribution in [0.4, 0.5) is 0 Å². The molecule has 1 rings (SSSR count). The second-order valence-electron chi connectivity index (χ2n) is 7.55. The summed E-state index contributed by atoms with van der Waals surface area (Å²) in [6.07, 6.45) is 12.2. The van der Waals surface area contributed by atoms with Gasteiger partial charge < -0.3 is 4.74 Å². The number of esters is 1. The van der Waals surface area contributed by atoms with E-state index in [1.165, 1.54) is 58.3 Å². The largest absolute Gasteiger partial charge is 0.426 e. The van der Waals surface area contributed by atoms with Crippen LogP contribution in [0.2, 0.25) is 0 Å². The SMILES string of the molecule is CCCCCCCCCCCCc1ccccc1OC(=O)CC(C)OS(=O)(=O)O. The minimum Gasteiger partial charge on any atom is -0.426 e. The van der Waals surface area contributed by atoms with Gasteiger partial charge in [-0.05, 0) is 31.4 Å². The summed E-state index contributed by atoms with van der Waals surface area (Å²) in [5.74, 6) is -0.107. The van der Waals surface area contributed by atoms with Crippen LogP contribution in [0.3, 0.4) is 0 Å². The fraction of sp³-hybridized carbons (Fsp3) is 0.682. The molecular formula is C22H36O6S. The Morgan fingerprint density at radius 3 is 2.10 bits per heavy atom. The quantitative estimate of drug-likeness (QED) is 0.158. The Hall–Kier alpha value is -1.44. The van der Waals surface area contributed by atoms with Crippen LogP contribution in [0.15, 0.2) is 24.3 Å². The van der Waals surface area contributed by atoms with Crippen LogP contribution in [0, 0.1) is 0 Å². The van der Waals surface area contributed by atoms with Gasteiger partial charge in [0.25, 0.3) is 0 Å². The molecule has 0 saturated heterocycles. The molecule has 0 amide bonds. The zero-order valence-electron chi connectivity index (χ0n) is 17.8. The first kappa shape index (κ1) is 25.6. The van der Waals surface area contributed by atoms with Gasteiger partial charge in [-0.15, -0.1) is 0 Å². The Bertz CT molecular complexity index is 686. The smallest absolute Gasteiger partial charge is 0.397 e. The molecule has 0 saturated carbocycles. The van der Waals surface area contributed by atoms with Crippen LogP contribution in [-0.2, 0) is 25.8 Å². The highest BCUT2D eigenvalue weighted by Gasteiger charge is 2.18. The maximum Gasteiger partial charge on any atom is 0.397 e. The Labute approximate surface area is 175 Å². The summed E-state index contributed by atoms with van der Waals surface area (Å²) in [4.78, 5) is 12.0. The first-order chi connectivity index (χ1) is 13.8. The van der Waals surface area contributed by atoms with E-state index in [0.717, 1.165) is 24.8 Å². The van der Waals surface area contributed by atoms with E-state index in [1.807, 2.05) is 12.1 Å². The lowest BCUT2D eigenvalue weighted by Crippen LogP contribution is -2.21. The summed E-state index contributed by atoms with van der Waals surface area (Å²) in [7, 11) is -4.59. The third kappa shape index (κ3) is 13.4. The summed E-state index contributed by atoms with van der Waals surface area (Å²) in [6.45, 7) is 3.61.